The third kappa shape index (κ3) is 6.35. The first-order valence-corrected chi connectivity index (χ1v) is 17.5. The van der Waals surface area contributed by atoms with Crippen LogP contribution in [0.4, 0.5) is 33.2 Å². The molecule has 1 aliphatic carbocycles. The minimum absolute atomic E-state index is 0.292. The number of fused-ring (bicyclic) bond motifs is 1. The highest BCUT2D eigenvalue weighted by Gasteiger charge is 2.23. The van der Waals surface area contributed by atoms with Gasteiger partial charge in [-0.1, -0.05) is 7.92 Å². The SMILES string of the molecule is COc1cc(N2CCN(CCF)CC2)c(-c2cnn(C)c2)cc1Nc1ncc(Br)c(Nc2cc3c(cc2P(C)C)CC3)n1. The van der Waals surface area contributed by atoms with E-state index in [2.05, 4.69) is 84.0 Å². The maximum Gasteiger partial charge on any atom is 0.229 e. The molecule has 0 radical (unpaired) electrons. The molecule has 2 N–H and O–H groups in total. The second-order valence-electron chi connectivity index (χ2n) is 11.2. The lowest BCUT2D eigenvalue weighted by Crippen LogP contribution is -2.47. The Morgan fingerprint density at radius 2 is 1.77 bits per heavy atom. The summed E-state index contributed by atoms with van der Waals surface area (Å²) in [5.41, 5.74) is 7.80. The third-order valence-corrected chi connectivity index (χ3v) is 10.1. The van der Waals surface area contributed by atoms with E-state index in [1.807, 2.05) is 19.4 Å². The number of ether oxygens (including phenoxy) is 1. The third-order valence-electron chi connectivity index (χ3n) is 8.15. The van der Waals surface area contributed by atoms with Crippen molar-refractivity contribution < 1.29 is 9.13 Å². The average Bonchev–Trinajstić information content (AvgIpc) is 3.42. The second-order valence-corrected chi connectivity index (χ2v) is 14.3. The summed E-state index contributed by atoms with van der Waals surface area (Å²) in [7, 11) is 3.29. The van der Waals surface area contributed by atoms with Crippen LogP contribution in [0.1, 0.15) is 11.1 Å². The molecule has 1 fully saturated rings. The number of rotatable bonds is 10. The summed E-state index contributed by atoms with van der Waals surface area (Å²) in [6.07, 6.45) is 7.92. The lowest BCUT2D eigenvalue weighted by Gasteiger charge is -2.37. The topological polar surface area (TPSA) is 83.4 Å². The van der Waals surface area contributed by atoms with Gasteiger partial charge in [-0.3, -0.25) is 9.58 Å². The molecule has 0 saturated carbocycles. The quantitative estimate of drug-likeness (QED) is 0.209. The van der Waals surface area contributed by atoms with Gasteiger partial charge in [-0.2, -0.15) is 10.1 Å². The molecule has 0 atom stereocenters. The van der Waals surface area contributed by atoms with E-state index < -0.39 is 0 Å². The molecule has 1 aliphatic heterocycles. The van der Waals surface area contributed by atoms with Crippen molar-refractivity contribution in [1.29, 1.82) is 0 Å². The molecule has 3 heterocycles. The maximum absolute atomic E-state index is 12.9. The molecule has 9 nitrogen and oxygen atoms in total. The summed E-state index contributed by atoms with van der Waals surface area (Å²) in [5.74, 6) is 1.83. The number of alkyl halides is 1. The van der Waals surface area contributed by atoms with Gasteiger partial charge < -0.3 is 20.3 Å². The summed E-state index contributed by atoms with van der Waals surface area (Å²) in [4.78, 5) is 13.9. The van der Waals surface area contributed by atoms with Crippen LogP contribution in [0, 0.1) is 0 Å². The van der Waals surface area contributed by atoms with Gasteiger partial charge in [-0.05, 0) is 76.7 Å². The van der Waals surface area contributed by atoms with Crippen molar-refractivity contribution in [3.8, 4) is 16.9 Å². The molecule has 43 heavy (non-hydrogen) atoms. The van der Waals surface area contributed by atoms with Crippen LogP contribution in [0.25, 0.3) is 11.1 Å². The monoisotopic (exact) mass is 666 g/mol. The summed E-state index contributed by atoms with van der Waals surface area (Å²) in [6, 6.07) is 8.77. The summed E-state index contributed by atoms with van der Waals surface area (Å²) < 4.78 is 21.4. The zero-order valence-corrected chi connectivity index (χ0v) is 27.5. The first-order chi connectivity index (χ1) is 20.8. The number of anilines is 5. The van der Waals surface area contributed by atoms with Gasteiger partial charge in [0, 0.05) is 80.7 Å². The molecule has 226 valence electrons. The highest BCUT2D eigenvalue weighted by atomic mass is 79.9. The first kappa shape index (κ1) is 29.8. The Bertz CT molecular complexity index is 1620. The summed E-state index contributed by atoms with van der Waals surface area (Å²) in [6.45, 7) is 7.94. The van der Waals surface area contributed by atoms with Gasteiger partial charge in [0.2, 0.25) is 5.95 Å². The lowest BCUT2D eigenvalue weighted by molar-refractivity contribution is 0.235. The Kier molecular flexibility index (Phi) is 8.84. The Morgan fingerprint density at radius 3 is 2.42 bits per heavy atom. The van der Waals surface area contributed by atoms with E-state index in [4.69, 9.17) is 9.72 Å². The van der Waals surface area contributed by atoms with Gasteiger partial charge >= 0.3 is 0 Å². The minimum atomic E-state index is -0.322. The van der Waals surface area contributed by atoms with E-state index in [0.717, 1.165) is 71.7 Å². The van der Waals surface area contributed by atoms with Crippen LogP contribution in [-0.4, -0.2) is 84.5 Å². The number of aryl methyl sites for hydroxylation is 3. The van der Waals surface area contributed by atoms with Gasteiger partial charge in [-0.25, -0.2) is 9.37 Å². The van der Waals surface area contributed by atoms with Crippen molar-refractivity contribution in [2.45, 2.75) is 12.8 Å². The van der Waals surface area contributed by atoms with Gasteiger partial charge in [0.1, 0.15) is 18.2 Å². The smallest absolute Gasteiger partial charge is 0.229 e. The number of hydrogen-bond donors (Lipinski definition) is 2. The van der Waals surface area contributed by atoms with Crippen molar-refractivity contribution in [2.75, 3.05) is 75.4 Å². The van der Waals surface area contributed by atoms with Crippen molar-refractivity contribution in [2.24, 2.45) is 7.05 Å². The lowest BCUT2D eigenvalue weighted by atomic mass is 9.88. The minimum Gasteiger partial charge on any atom is -0.494 e. The van der Waals surface area contributed by atoms with Crippen molar-refractivity contribution in [3.63, 3.8) is 0 Å². The van der Waals surface area contributed by atoms with Gasteiger partial charge in [0.25, 0.3) is 0 Å². The van der Waals surface area contributed by atoms with Crippen LogP contribution >= 0.6 is 23.9 Å². The molecule has 2 aliphatic rings. The number of methoxy groups -OCH3 is 1. The number of aromatic nitrogens is 4. The first-order valence-electron chi connectivity index (χ1n) is 14.5. The average molecular weight is 668 g/mol. The van der Waals surface area contributed by atoms with Gasteiger partial charge in [0.15, 0.2) is 0 Å². The molecule has 0 bridgehead atoms. The van der Waals surface area contributed by atoms with Crippen LogP contribution in [0.15, 0.2) is 47.3 Å². The van der Waals surface area contributed by atoms with E-state index in [1.54, 1.807) is 18.0 Å². The molecule has 0 amide bonds. The largest absolute Gasteiger partial charge is 0.494 e. The number of piperazine rings is 1. The van der Waals surface area contributed by atoms with Crippen molar-refractivity contribution in [1.82, 2.24) is 24.6 Å². The van der Waals surface area contributed by atoms with Crippen molar-refractivity contribution in [3.05, 3.63) is 58.5 Å². The fourth-order valence-electron chi connectivity index (χ4n) is 5.69. The number of nitrogens with one attached hydrogen (secondary N) is 2. The number of benzene rings is 2. The van der Waals surface area contributed by atoms with E-state index in [1.165, 1.54) is 16.4 Å². The number of hydrogen-bond acceptors (Lipinski definition) is 8. The molecule has 12 heteroatoms. The van der Waals surface area contributed by atoms with Gasteiger partial charge in [0.05, 0.1) is 23.5 Å². The number of halogens is 2. The molecule has 1 saturated heterocycles. The normalized spacial score (nSPS) is 14.9. The van der Waals surface area contributed by atoms with Crippen molar-refractivity contribution >= 4 is 58.0 Å². The Labute approximate surface area is 261 Å². The highest BCUT2D eigenvalue weighted by molar-refractivity contribution is 9.10. The molecule has 2 aromatic carbocycles. The van der Waals surface area contributed by atoms with Crippen LogP contribution in [0.5, 0.6) is 5.75 Å². The Hall–Kier alpha value is -3.27. The van der Waals surface area contributed by atoms with E-state index in [0.29, 0.717) is 24.1 Å². The Morgan fingerprint density at radius 1 is 1.00 bits per heavy atom. The van der Waals surface area contributed by atoms with E-state index in [-0.39, 0.29) is 14.6 Å². The fraction of sp³-hybridized carbons (Fsp3) is 0.387. The Balaban J connectivity index is 1.32. The zero-order chi connectivity index (χ0) is 30.1. The molecule has 0 unspecified atom stereocenters. The predicted octanol–water partition coefficient (Wildman–Crippen LogP) is 5.69. The van der Waals surface area contributed by atoms with Crippen LogP contribution in [-0.2, 0) is 19.9 Å². The molecule has 2 aromatic heterocycles. The van der Waals surface area contributed by atoms with Crippen LogP contribution in [0.2, 0.25) is 0 Å². The van der Waals surface area contributed by atoms with E-state index in [9.17, 15) is 4.39 Å². The highest BCUT2D eigenvalue weighted by Crippen LogP contribution is 2.41. The fourth-order valence-corrected chi connectivity index (χ4v) is 6.99. The number of nitrogens with zero attached hydrogens (tertiary/aromatic N) is 6. The van der Waals surface area contributed by atoms with Gasteiger partial charge in [-0.15, -0.1) is 0 Å². The zero-order valence-electron chi connectivity index (χ0n) is 25.0. The summed E-state index contributed by atoms with van der Waals surface area (Å²) in [5, 5.41) is 12.8. The molecule has 4 aromatic rings. The second kappa shape index (κ2) is 12.8. The van der Waals surface area contributed by atoms with Crippen LogP contribution < -0.4 is 25.6 Å². The standard InChI is InChI=1S/C31H37BrFN8OP/c1-39-19-22(17-35-39)23-15-25(28(42-2)16-27(23)41-11-9-40(8-7-33)10-12-41)37-31-34-18-24(32)30(38-31)36-26-13-20-5-6-21(20)14-29(26)43(3)4/h13-19H,5-12H2,1-4H3,(H2,34,36,37,38). The maximum atomic E-state index is 12.9. The van der Waals surface area contributed by atoms with E-state index >= 15 is 0 Å². The predicted molar refractivity (Wildman–Crippen MR) is 178 cm³/mol. The summed E-state index contributed by atoms with van der Waals surface area (Å²) >= 11 is 3.65. The molecule has 0 spiro atoms. The molecular weight excluding hydrogens is 630 g/mol. The van der Waals surface area contributed by atoms with Crippen LogP contribution in [0.3, 0.4) is 0 Å². The molecular formula is C31H37BrFN8OP. The molecule has 6 rings (SSSR count).